The number of hydrogen-bond acceptors (Lipinski definition) is 3. The monoisotopic (exact) mass is 345 g/mol. The van der Waals surface area contributed by atoms with Crippen LogP contribution in [0.5, 0.6) is 5.75 Å². The molecule has 2 aromatic rings. The molecule has 0 aliphatic rings. The number of hydrogen-bond donors (Lipinski definition) is 2. The molecule has 0 radical (unpaired) electrons. The topological polar surface area (TPSA) is 75.6 Å². The minimum Gasteiger partial charge on any atom is -0.484 e. The number of carbonyl (C=O) groups excluding carboxylic acids is 1. The quantitative estimate of drug-likeness (QED) is 0.808. The Balaban J connectivity index is 2.01. The molecular formula is C19H20FNO4. The lowest BCUT2D eigenvalue weighted by atomic mass is 10.0. The number of carboxylic acid groups (broad SMARTS) is 1. The highest BCUT2D eigenvalue weighted by atomic mass is 19.1. The van der Waals surface area contributed by atoms with E-state index in [-0.39, 0.29) is 13.0 Å². The van der Waals surface area contributed by atoms with Gasteiger partial charge in [0.15, 0.2) is 6.61 Å². The summed E-state index contributed by atoms with van der Waals surface area (Å²) in [4.78, 5) is 23.2. The molecule has 0 saturated heterocycles. The molecule has 1 amide bonds. The summed E-state index contributed by atoms with van der Waals surface area (Å²) in [6.45, 7) is 3.61. The van der Waals surface area contributed by atoms with E-state index in [1.807, 2.05) is 26.0 Å². The van der Waals surface area contributed by atoms with Crippen LogP contribution in [0.1, 0.15) is 29.2 Å². The number of aryl methyl sites for hydroxylation is 2. The summed E-state index contributed by atoms with van der Waals surface area (Å²) in [5.74, 6) is -1.35. The van der Waals surface area contributed by atoms with Crippen LogP contribution in [-0.2, 0) is 9.59 Å². The van der Waals surface area contributed by atoms with E-state index in [4.69, 9.17) is 9.84 Å². The lowest BCUT2D eigenvalue weighted by Gasteiger charge is -2.18. The van der Waals surface area contributed by atoms with Gasteiger partial charge in [0, 0.05) is 0 Å². The van der Waals surface area contributed by atoms with Gasteiger partial charge in [0.1, 0.15) is 11.6 Å². The fourth-order valence-electron chi connectivity index (χ4n) is 2.46. The van der Waals surface area contributed by atoms with Crippen molar-refractivity contribution in [2.75, 3.05) is 6.61 Å². The van der Waals surface area contributed by atoms with Gasteiger partial charge in [0.05, 0.1) is 12.5 Å². The zero-order valence-corrected chi connectivity index (χ0v) is 14.1. The highest BCUT2D eigenvalue weighted by Gasteiger charge is 2.18. The lowest BCUT2D eigenvalue weighted by molar-refractivity contribution is -0.137. The molecular weight excluding hydrogens is 325 g/mol. The maximum absolute atomic E-state index is 13.0. The Morgan fingerprint density at radius 2 is 1.84 bits per heavy atom. The van der Waals surface area contributed by atoms with E-state index < -0.39 is 23.7 Å². The van der Waals surface area contributed by atoms with Gasteiger partial charge in [0.2, 0.25) is 0 Å². The van der Waals surface area contributed by atoms with E-state index in [0.717, 1.165) is 11.1 Å². The van der Waals surface area contributed by atoms with Crippen molar-refractivity contribution in [2.45, 2.75) is 26.3 Å². The van der Waals surface area contributed by atoms with Gasteiger partial charge in [-0.3, -0.25) is 9.59 Å². The first-order valence-corrected chi connectivity index (χ1v) is 7.82. The molecule has 6 heteroatoms. The van der Waals surface area contributed by atoms with Gasteiger partial charge in [0.25, 0.3) is 5.91 Å². The minimum atomic E-state index is -1.06. The summed E-state index contributed by atoms with van der Waals surface area (Å²) < 4.78 is 18.5. The van der Waals surface area contributed by atoms with Crippen molar-refractivity contribution in [1.29, 1.82) is 0 Å². The van der Waals surface area contributed by atoms with Crippen LogP contribution in [0.15, 0.2) is 42.5 Å². The Morgan fingerprint density at radius 3 is 2.44 bits per heavy atom. The number of carbonyl (C=O) groups is 2. The molecule has 0 aliphatic carbocycles. The number of benzene rings is 2. The van der Waals surface area contributed by atoms with Crippen molar-refractivity contribution in [3.05, 3.63) is 65.0 Å². The molecule has 1 unspecified atom stereocenters. The number of aliphatic carboxylic acids is 1. The van der Waals surface area contributed by atoms with Crippen LogP contribution in [0, 0.1) is 19.7 Å². The Morgan fingerprint density at radius 1 is 1.16 bits per heavy atom. The third-order valence-corrected chi connectivity index (χ3v) is 3.68. The number of ether oxygens (including phenoxy) is 1. The molecule has 0 fully saturated rings. The normalized spacial score (nSPS) is 11.6. The SMILES string of the molecule is Cc1ccc(OCC(=O)NC(CC(=O)O)c2ccc(F)cc2)c(C)c1. The van der Waals surface area contributed by atoms with Crippen molar-refractivity contribution in [2.24, 2.45) is 0 Å². The lowest BCUT2D eigenvalue weighted by Crippen LogP contribution is -2.34. The molecule has 2 rings (SSSR count). The average Bonchev–Trinajstić information content (AvgIpc) is 2.53. The maximum Gasteiger partial charge on any atom is 0.305 e. The van der Waals surface area contributed by atoms with Gasteiger partial charge in [-0.1, -0.05) is 29.8 Å². The van der Waals surface area contributed by atoms with Crippen LogP contribution in [0.25, 0.3) is 0 Å². The molecule has 0 saturated carbocycles. The molecule has 0 aromatic heterocycles. The van der Waals surface area contributed by atoms with Gasteiger partial charge >= 0.3 is 5.97 Å². The predicted molar refractivity (Wildman–Crippen MR) is 90.9 cm³/mol. The number of rotatable bonds is 7. The van der Waals surface area contributed by atoms with Crippen LogP contribution in [0.3, 0.4) is 0 Å². The fourth-order valence-corrected chi connectivity index (χ4v) is 2.46. The molecule has 0 aliphatic heterocycles. The molecule has 0 spiro atoms. The molecule has 0 bridgehead atoms. The molecule has 132 valence electrons. The van der Waals surface area contributed by atoms with Crippen LogP contribution in [-0.4, -0.2) is 23.6 Å². The first-order valence-electron chi connectivity index (χ1n) is 7.82. The molecule has 1 atom stereocenters. The van der Waals surface area contributed by atoms with Crippen molar-refractivity contribution in [1.82, 2.24) is 5.32 Å². The van der Waals surface area contributed by atoms with Crippen molar-refractivity contribution in [3.63, 3.8) is 0 Å². The van der Waals surface area contributed by atoms with Gasteiger partial charge in [-0.2, -0.15) is 0 Å². The van der Waals surface area contributed by atoms with Gasteiger partial charge < -0.3 is 15.2 Å². The van der Waals surface area contributed by atoms with Gasteiger partial charge in [-0.05, 0) is 43.2 Å². The van der Waals surface area contributed by atoms with E-state index in [2.05, 4.69) is 5.32 Å². The van der Waals surface area contributed by atoms with E-state index >= 15 is 0 Å². The fraction of sp³-hybridized carbons (Fsp3) is 0.263. The van der Waals surface area contributed by atoms with Crippen molar-refractivity contribution in [3.8, 4) is 5.75 Å². The van der Waals surface area contributed by atoms with Gasteiger partial charge in [-0.25, -0.2) is 4.39 Å². The molecule has 5 nitrogen and oxygen atoms in total. The third kappa shape index (κ3) is 5.60. The second kappa shape index (κ2) is 8.28. The summed E-state index contributed by atoms with van der Waals surface area (Å²) in [5, 5.41) is 11.6. The van der Waals surface area contributed by atoms with Crippen LogP contribution >= 0.6 is 0 Å². The summed E-state index contributed by atoms with van der Waals surface area (Å²) in [5.41, 5.74) is 2.52. The van der Waals surface area contributed by atoms with E-state index in [1.165, 1.54) is 24.3 Å². The first-order chi connectivity index (χ1) is 11.8. The molecule has 0 heterocycles. The maximum atomic E-state index is 13.0. The Labute approximate surface area is 145 Å². The van der Waals surface area contributed by atoms with Crippen LogP contribution in [0.2, 0.25) is 0 Å². The zero-order valence-electron chi connectivity index (χ0n) is 14.1. The summed E-state index contributed by atoms with van der Waals surface area (Å²) >= 11 is 0. The van der Waals surface area contributed by atoms with E-state index in [9.17, 15) is 14.0 Å². The smallest absolute Gasteiger partial charge is 0.305 e. The largest absolute Gasteiger partial charge is 0.484 e. The Bertz CT molecular complexity index is 759. The third-order valence-electron chi connectivity index (χ3n) is 3.68. The number of nitrogens with one attached hydrogen (secondary N) is 1. The van der Waals surface area contributed by atoms with E-state index in [1.54, 1.807) is 6.07 Å². The highest BCUT2D eigenvalue weighted by molar-refractivity contribution is 5.79. The van der Waals surface area contributed by atoms with Crippen molar-refractivity contribution < 1.29 is 23.8 Å². The van der Waals surface area contributed by atoms with Crippen molar-refractivity contribution >= 4 is 11.9 Å². The summed E-state index contributed by atoms with van der Waals surface area (Å²) in [6.07, 6.45) is -0.305. The Hall–Kier alpha value is -2.89. The molecule has 2 N–H and O–H groups in total. The predicted octanol–water partition coefficient (Wildman–Crippen LogP) is 3.15. The molecule has 2 aromatic carbocycles. The second-order valence-corrected chi connectivity index (χ2v) is 5.83. The minimum absolute atomic E-state index is 0.235. The Kier molecular flexibility index (Phi) is 6.11. The van der Waals surface area contributed by atoms with Gasteiger partial charge in [-0.15, -0.1) is 0 Å². The zero-order chi connectivity index (χ0) is 18.4. The highest BCUT2D eigenvalue weighted by Crippen LogP contribution is 2.20. The number of amides is 1. The molecule has 25 heavy (non-hydrogen) atoms. The number of carboxylic acids is 1. The first kappa shape index (κ1) is 18.4. The van der Waals surface area contributed by atoms with Crippen LogP contribution in [0.4, 0.5) is 4.39 Å². The average molecular weight is 345 g/mol. The summed E-state index contributed by atoms with van der Waals surface area (Å²) in [7, 11) is 0. The van der Waals surface area contributed by atoms with Crippen LogP contribution < -0.4 is 10.1 Å². The second-order valence-electron chi connectivity index (χ2n) is 5.83. The standard InChI is InChI=1S/C19H20FNO4/c1-12-3-8-17(13(2)9-12)25-11-18(22)21-16(10-19(23)24)14-4-6-15(20)7-5-14/h3-9,16H,10-11H2,1-2H3,(H,21,22)(H,23,24). The number of halogens is 1. The summed E-state index contributed by atoms with van der Waals surface area (Å²) in [6, 6.07) is 10.2. The van der Waals surface area contributed by atoms with E-state index in [0.29, 0.717) is 11.3 Å².